The van der Waals surface area contributed by atoms with Crippen LogP contribution in [0.2, 0.25) is 0 Å². The Kier molecular flexibility index (Phi) is 6.75. The molecule has 0 aromatic heterocycles. The van der Waals surface area contributed by atoms with Crippen molar-refractivity contribution in [3.8, 4) is 0 Å². The first-order chi connectivity index (χ1) is 12.2. The topological polar surface area (TPSA) is 69.6 Å². The fraction of sp³-hybridized carbons (Fsp3) is 0.905. The second kappa shape index (κ2) is 8.28. The fourth-order valence-corrected chi connectivity index (χ4v) is 5.77. The Bertz CT molecular complexity index is 519. The SMILES string of the molecule is CCN(CC)C(=O)[C@@H](C)[C@@H]1CC[C@@]2(C)CC[C@H](NC(C)=O)[C@@H](C)[C@@H]2[C@H]1O. The van der Waals surface area contributed by atoms with Crippen LogP contribution in [0.3, 0.4) is 0 Å². The summed E-state index contributed by atoms with van der Waals surface area (Å²) >= 11 is 0. The van der Waals surface area contributed by atoms with Crippen molar-refractivity contribution < 1.29 is 14.7 Å². The monoisotopic (exact) mass is 366 g/mol. The number of aliphatic hydroxyl groups excluding tert-OH is 1. The molecule has 150 valence electrons. The van der Waals surface area contributed by atoms with E-state index in [0.717, 1.165) is 25.7 Å². The van der Waals surface area contributed by atoms with Crippen LogP contribution in [-0.4, -0.2) is 47.1 Å². The molecular weight excluding hydrogens is 328 g/mol. The van der Waals surface area contributed by atoms with Gasteiger partial charge in [-0.25, -0.2) is 0 Å². The van der Waals surface area contributed by atoms with Gasteiger partial charge < -0.3 is 15.3 Å². The van der Waals surface area contributed by atoms with E-state index in [-0.39, 0.29) is 46.9 Å². The van der Waals surface area contributed by atoms with Gasteiger partial charge in [-0.15, -0.1) is 0 Å². The highest BCUT2D eigenvalue weighted by Crippen LogP contribution is 2.55. The predicted octanol–water partition coefficient (Wildman–Crippen LogP) is 2.82. The zero-order valence-electron chi connectivity index (χ0n) is 17.4. The third-order valence-electron chi connectivity index (χ3n) is 7.38. The summed E-state index contributed by atoms with van der Waals surface area (Å²) in [6.45, 7) is 13.4. The first-order valence-corrected chi connectivity index (χ1v) is 10.4. The minimum Gasteiger partial charge on any atom is -0.392 e. The summed E-state index contributed by atoms with van der Waals surface area (Å²) in [7, 11) is 0. The molecule has 5 heteroatoms. The van der Waals surface area contributed by atoms with Gasteiger partial charge in [0.25, 0.3) is 0 Å². The van der Waals surface area contributed by atoms with Crippen molar-refractivity contribution in [2.24, 2.45) is 29.1 Å². The fourth-order valence-electron chi connectivity index (χ4n) is 5.77. The van der Waals surface area contributed by atoms with E-state index in [0.29, 0.717) is 13.1 Å². The molecule has 2 fully saturated rings. The second-order valence-electron chi connectivity index (χ2n) is 8.88. The molecule has 2 aliphatic carbocycles. The van der Waals surface area contributed by atoms with E-state index in [9.17, 15) is 14.7 Å². The highest BCUT2D eigenvalue weighted by Gasteiger charge is 2.53. The molecule has 5 nitrogen and oxygen atoms in total. The van der Waals surface area contributed by atoms with Gasteiger partial charge in [-0.2, -0.15) is 0 Å². The van der Waals surface area contributed by atoms with Crippen LogP contribution < -0.4 is 5.32 Å². The summed E-state index contributed by atoms with van der Waals surface area (Å²) in [5.74, 6) is 0.328. The van der Waals surface area contributed by atoms with Gasteiger partial charge in [0.15, 0.2) is 0 Å². The molecule has 0 aromatic carbocycles. The summed E-state index contributed by atoms with van der Waals surface area (Å²) in [4.78, 5) is 26.3. The van der Waals surface area contributed by atoms with Crippen molar-refractivity contribution in [3.63, 3.8) is 0 Å². The van der Waals surface area contributed by atoms with Crippen molar-refractivity contribution >= 4 is 11.8 Å². The lowest BCUT2D eigenvalue weighted by Crippen LogP contribution is -2.58. The predicted molar refractivity (Wildman–Crippen MR) is 103 cm³/mol. The molecule has 2 N–H and O–H groups in total. The Labute approximate surface area is 158 Å². The van der Waals surface area contributed by atoms with Crippen LogP contribution >= 0.6 is 0 Å². The van der Waals surface area contributed by atoms with Gasteiger partial charge in [0, 0.05) is 32.0 Å². The van der Waals surface area contributed by atoms with Crippen molar-refractivity contribution in [2.75, 3.05) is 13.1 Å². The Morgan fingerprint density at radius 2 is 1.81 bits per heavy atom. The molecular formula is C21H38N2O3. The maximum absolute atomic E-state index is 12.8. The van der Waals surface area contributed by atoms with E-state index >= 15 is 0 Å². The summed E-state index contributed by atoms with van der Waals surface area (Å²) in [6.07, 6.45) is 3.45. The van der Waals surface area contributed by atoms with E-state index in [2.05, 4.69) is 19.2 Å². The summed E-state index contributed by atoms with van der Waals surface area (Å²) in [5.41, 5.74) is 0.0995. The minimum atomic E-state index is -0.491. The highest BCUT2D eigenvalue weighted by molar-refractivity contribution is 5.78. The number of amides is 2. The van der Waals surface area contributed by atoms with Gasteiger partial charge in [0.2, 0.25) is 11.8 Å². The molecule has 0 unspecified atom stereocenters. The zero-order valence-corrected chi connectivity index (χ0v) is 17.4. The van der Waals surface area contributed by atoms with Crippen LogP contribution in [0.4, 0.5) is 0 Å². The molecule has 0 heterocycles. The summed E-state index contributed by atoms with van der Waals surface area (Å²) < 4.78 is 0. The average Bonchev–Trinajstić information content (AvgIpc) is 2.58. The number of hydrogen-bond acceptors (Lipinski definition) is 3. The molecule has 0 bridgehead atoms. The van der Waals surface area contributed by atoms with Crippen LogP contribution in [0.15, 0.2) is 0 Å². The van der Waals surface area contributed by atoms with E-state index in [1.54, 1.807) is 6.92 Å². The number of carbonyl (C=O) groups excluding carboxylic acids is 2. The molecule has 2 amide bonds. The van der Waals surface area contributed by atoms with Gasteiger partial charge >= 0.3 is 0 Å². The maximum atomic E-state index is 12.8. The van der Waals surface area contributed by atoms with Crippen molar-refractivity contribution in [1.82, 2.24) is 10.2 Å². The normalized spacial score (nSPS) is 38.2. The first-order valence-electron chi connectivity index (χ1n) is 10.4. The molecule has 0 aliphatic heterocycles. The molecule has 26 heavy (non-hydrogen) atoms. The smallest absolute Gasteiger partial charge is 0.225 e. The number of nitrogens with zero attached hydrogens (tertiary/aromatic N) is 1. The molecule has 0 spiro atoms. The van der Waals surface area contributed by atoms with Crippen LogP contribution in [0.1, 0.15) is 67.2 Å². The van der Waals surface area contributed by atoms with Crippen molar-refractivity contribution in [2.45, 2.75) is 79.4 Å². The number of rotatable bonds is 5. The van der Waals surface area contributed by atoms with E-state index in [4.69, 9.17) is 0 Å². The van der Waals surface area contributed by atoms with Gasteiger partial charge in [-0.1, -0.05) is 20.8 Å². The minimum absolute atomic E-state index is 0.000275. The number of nitrogens with one attached hydrogen (secondary N) is 1. The Balaban J connectivity index is 2.20. The van der Waals surface area contributed by atoms with E-state index in [1.165, 1.54) is 0 Å². The first kappa shape index (κ1) is 21.2. The van der Waals surface area contributed by atoms with Crippen LogP contribution in [0, 0.1) is 29.1 Å². The third kappa shape index (κ3) is 3.92. The van der Waals surface area contributed by atoms with E-state index in [1.807, 2.05) is 25.7 Å². The van der Waals surface area contributed by atoms with Crippen LogP contribution in [-0.2, 0) is 9.59 Å². The highest BCUT2D eigenvalue weighted by atomic mass is 16.3. The lowest BCUT2D eigenvalue weighted by Gasteiger charge is -2.56. The quantitative estimate of drug-likeness (QED) is 0.786. The maximum Gasteiger partial charge on any atom is 0.225 e. The standard InChI is InChI=1S/C21H38N2O3/c1-7-23(8-2)20(26)13(3)16-9-11-21(6)12-10-17(22-15(5)24)14(4)18(21)19(16)25/h13-14,16-19,25H,7-12H2,1-6H3,(H,22,24)/t13-,14+,16-,17-,18+,19-,21-/m0/s1. The Hall–Kier alpha value is -1.10. The number of carbonyl (C=O) groups is 2. The third-order valence-corrected chi connectivity index (χ3v) is 7.38. The van der Waals surface area contributed by atoms with Crippen LogP contribution in [0.5, 0.6) is 0 Å². The number of aliphatic hydroxyl groups is 1. The lowest BCUT2D eigenvalue weighted by atomic mass is 9.51. The zero-order chi connectivity index (χ0) is 19.6. The van der Waals surface area contributed by atoms with E-state index < -0.39 is 6.10 Å². The molecule has 2 saturated carbocycles. The van der Waals surface area contributed by atoms with Gasteiger partial charge in [-0.3, -0.25) is 9.59 Å². The lowest BCUT2D eigenvalue weighted by molar-refractivity contribution is -0.150. The average molecular weight is 367 g/mol. The Morgan fingerprint density at radius 1 is 1.23 bits per heavy atom. The largest absolute Gasteiger partial charge is 0.392 e. The number of hydrogen-bond donors (Lipinski definition) is 2. The summed E-state index contributed by atoms with van der Waals surface area (Å²) in [5, 5.41) is 14.4. The van der Waals surface area contributed by atoms with Crippen molar-refractivity contribution in [3.05, 3.63) is 0 Å². The van der Waals surface area contributed by atoms with Crippen molar-refractivity contribution in [1.29, 1.82) is 0 Å². The molecule has 2 aliphatic rings. The second-order valence-corrected chi connectivity index (χ2v) is 8.88. The molecule has 7 atom stereocenters. The van der Waals surface area contributed by atoms with Gasteiger partial charge in [0.05, 0.1) is 6.10 Å². The summed E-state index contributed by atoms with van der Waals surface area (Å²) in [6, 6.07) is 0.118. The molecule has 0 radical (unpaired) electrons. The molecule has 2 rings (SSSR count). The van der Waals surface area contributed by atoms with Gasteiger partial charge in [-0.05, 0) is 62.7 Å². The molecule has 0 saturated heterocycles. The van der Waals surface area contributed by atoms with Crippen LogP contribution in [0.25, 0.3) is 0 Å². The number of fused-ring (bicyclic) bond motifs is 1. The molecule has 0 aromatic rings. The Morgan fingerprint density at radius 3 is 2.35 bits per heavy atom. The van der Waals surface area contributed by atoms with Gasteiger partial charge in [0.1, 0.15) is 0 Å².